The van der Waals surface area contributed by atoms with Gasteiger partial charge in [0.25, 0.3) is 0 Å². The summed E-state index contributed by atoms with van der Waals surface area (Å²) in [5.74, 6) is 2.08. The summed E-state index contributed by atoms with van der Waals surface area (Å²) in [6.07, 6.45) is 4.93. The lowest BCUT2D eigenvalue weighted by molar-refractivity contribution is 0.165. The smallest absolute Gasteiger partial charge is 0.202 e. The quantitative estimate of drug-likeness (QED) is 0.679. The van der Waals surface area contributed by atoms with Crippen LogP contribution >= 0.6 is 11.3 Å². The molecule has 6 heteroatoms. The van der Waals surface area contributed by atoms with Crippen molar-refractivity contribution in [2.75, 3.05) is 19.6 Å². The van der Waals surface area contributed by atoms with Gasteiger partial charge in [0.2, 0.25) is 5.13 Å². The van der Waals surface area contributed by atoms with Crippen LogP contribution in [0.4, 0.5) is 5.13 Å². The van der Waals surface area contributed by atoms with Crippen LogP contribution in [0.25, 0.3) is 11.3 Å². The highest BCUT2D eigenvalue weighted by Gasteiger charge is 2.57. The van der Waals surface area contributed by atoms with E-state index in [1.54, 1.807) is 25.6 Å². The van der Waals surface area contributed by atoms with Crippen molar-refractivity contribution in [2.24, 2.45) is 16.7 Å². The predicted octanol–water partition coefficient (Wildman–Crippen LogP) is 5.08. The number of hydrogen-bond acceptors (Lipinski definition) is 6. The Morgan fingerprint density at radius 3 is 2.52 bits per heavy atom. The molecule has 27 heavy (non-hydrogen) atoms. The minimum Gasteiger partial charge on any atom is -0.493 e. The molecular formula is C21H27N3O2S. The summed E-state index contributed by atoms with van der Waals surface area (Å²) in [4.78, 5) is 4.71. The van der Waals surface area contributed by atoms with E-state index in [0.717, 1.165) is 22.1 Å². The normalized spacial score (nSPS) is 25.2. The number of benzene rings is 1. The highest BCUT2D eigenvalue weighted by Crippen LogP contribution is 2.64. The van der Waals surface area contributed by atoms with E-state index in [0.29, 0.717) is 17.1 Å². The highest BCUT2D eigenvalue weighted by atomic mass is 32.1. The molecule has 0 radical (unpaired) electrons. The number of hydrazine groups is 1. The molecule has 1 aromatic carbocycles. The molecule has 1 aromatic heterocycles. The number of anilines is 1. The van der Waals surface area contributed by atoms with E-state index in [1.165, 1.54) is 18.5 Å². The third-order valence-corrected chi connectivity index (χ3v) is 7.51. The van der Waals surface area contributed by atoms with Crippen LogP contribution < -0.4 is 20.3 Å². The van der Waals surface area contributed by atoms with E-state index >= 15 is 0 Å². The van der Waals surface area contributed by atoms with Crippen LogP contribution in [0.15, 0.2) is 35.4 Å². The predicted molar refractivity (Wildman–Crippen MR) is 110 cm³/mol. The zero-order chi connectivity index (χ0) is 19.2. The summed E-state index contributed by atoms with van der Waals surface area (Å²) in [5, 5.41) is 2.90. The molecular weight excluding hydrogens is 358 g/mol. The maximum Gasteiger partial charge on any atom is 0.202 e. The second-order valence-electron chi connectivity index (χ2n) is 8.14. The van der Waals surface area contributed by atoms with Crippen LogP contribution in [0, 0.1) is 16.7 Å². The minimum atomic E-state index is 0.202. The fraction of sp³-hybridized carbons (Fsp3) is 0.476. The van der Waals surface area contributed by atoms with Crippen LogP contribution in [0.2, 0.25) is 0 Å². The molecule has 0 aliphatic heterocycles. The molecule has 4 rings (SSSR count). The average molecular weight is 386 g/mol. The zero-order valence-electron chi connectivity index (χ0n) is 16.6. The number of rotatable bonds is 6. The third-order valence-electron chi connectivity index (χ3n) is 6.75. The van der Waals surface area contributed by atoms with Gasteiger partial charge in [-0.05, 0) is 42.4 Å². The van der Waals surface area contributed by atoms with E-state index in [4.69, 9.17) is 14.5 Å². The van der Waals surface area contributed by atoms with Crippen LogP contribution in [-0.2, 0) is 0 Å². The third kappa shape index (κ3) is 2.78. The number of hydrogen-bond donors (Lipinski definition) is 2. The number of ether oxygens (including phenoxy) is 2. The molecule has 0 unspecified atom stereocenters. The van der Waals surface area contributed by atoms with Crippen molar-refractivity contribution in [2.45, 2.75) is 33.6 Å². The van der Waals surface area contributed by atoms with Gasteiger partial charge in [0, 0.05) is 22.1 Å². The molecule has 1 fully saturated rings. The van der Waals surface area contributed by atoms with Crippen molar-refractivity contribution in [1.82, 2.24) is 10.4 Å². The van der Waals surface area contributed by atoms with Crippen molar-refractivity contribution >= 4 is 16.5 Å². The van der Waals surface area contributed by atoms with Gasteiger partial charge in [-0.3, -0.25) is 5.43 Å². The van der Waals surface area contributed by atoms with Crippen molar-refractivity contribution in [3.8, 4) is 22.8 Å². The molecule has 0 spiro atoms. The monoisotopic (exact) mass is 385 g/mol. The van der Waals surface area contributed by atoms with Crippen LogP contribution in [0.1, 0.15) is 33.6 Å². The summed E-state index contributed by atoms with van der Waals surface area (Å²) >= 11 is 1.59. The number of nitrogens with zero attached hydrogens (tertiary/aromatic N) is 1. The average Bonchev–Trinajstić information content (AvgIpc) is 3.28. The van der Waals surface area contributed by atoms with Crippen LogP contribution in [-0.4, -0.2) is 19.2 Å². The molecule has 2 aromatic rings. The summed E-state index contributed by atoms with van der Waals surface area (Å²) < 4.78 is 10.7. The van der Waals surface area contributed by atoms with Gasteiger partial charge in [-0.15, -0.1) is 11.3 Å². The van der Waals surface area contributed by atoms with Gasteiger partial charge in [0.15, 0.2) is 11.5 Å². The second kappa shape index (κ2) is 6.44. The van der Waals surface area contributed by atoms with E-state index in [-0.39, 0.29) is 5.41 Å². The van der Waals surface area contributed by atoms with Gasteiger partial charge < -0.3 is 14.9 Å². The molecule has 0 amide bonds. The number of nitrogens with one attached hydrogen (secondary N) is 2. The van der Waals surface area contributed by atoms with Crippen LogP contribution in [0.3, 0.4) is 0 Å². The number of methoxy groups -OCH3 is 2. The first-order chi connectivity index (χ1) is 12.9. The fourth-order valence-corrected chi connectivity index (χ4v) is 5.13. The molecule has 144 valence electrons. The van der Waals surface area contributed by atoms with Gasteiger partial charge in [-0.25, -0.2) is 4.98 Å². The summed E-state index contributed by atoms with van der Waals surface area (Å²) in [5.41, 5.74) is 10.5. The summed E-state index contributed by atoms with van der Waals surface area (Å²) in [6, 6.07) is 5.85. The summed E-state index contributed by atoms with van der Waals surface area (Å²) in [6.45, 7) is 7.14. The first-order valence-corrected chi connectivity index (χ1v) is 10.2. The van der Waals surface area contributed by atoms with E-state index in [2.05, 4.69) is 37.7 Å². The van der Waals surface area contributed by atoms with Gasteiger partial charge in [0.1, 0.15) is 0 Å². The van der Waals surface area contributed by atoms with Gasteiger partial charge >= 0.3 is 0 Å². The molecule has 1 saturated carbocycles. The van der Waals surface area contributed by atoms with Crippen molar-refractivity contribution in [3.63, 3.8) is 0 Å². The molecule has 2 atom stereocenters. The SMILES string of the molecule is COc1ccc(-c2csc(NNC3=C[C@H]4CC[C@@]3(C)C4(C)C)n2)cc1OC. The largest absolute Gasteiger partial charge is 0.493 e. The lowest BCUT2D eigenvalue weighted by Gasteiger charge is -2.37. The molecule has 2 N–H and O–H groups in total. The fourth-order valence-electron chi connectivity index (χ4n) is 4.45. The molecule has 2 bridgehead atoms. The first-order valence-electron chi connectivity index (χ1n) is 9.31. The molecule has 5 nitrogen and oxygen atoms in total. The Bertz CT molecular complexity index is 889. The van der Waals surface area contributed by atoms with Gasteiger partial charge in [-0.1, -0.05) is 26.8 Å². The Balaban J connectivity index is 1.48. The standard InChI is InChI=1S/C21H27N3O2S/c1-20(2)14-8-9-21(20,3)18(11-14)23-24-19-22-15(12-27-19)13-6-7-16(25-4)17(10-13)26-5/h6-7,10-12,14,23H,8-9H2,1-5H3,(H,22,24)/t14-,21-/m1/s1. The number of thiazole rings is 1. The number of allylic oxidation sites excluding steroid dienone is 2. The highest BCUT2D eigenvalue weighted by molar-refractivity contribution is 7.14. The minimum absolute atomic E-state index is 0.202. The Morgan fingerprint density at radius 2 is 1.89 bits per heavy atom. The van der Waals surface area contributed by atoms with Gasteiger partial charge in [-0.2, -0.15) is 0 Å². The lowest BCUT2D eigenvalue weighted by atomic mass is 9.69. The first kappa shape index (κ1) is 18.2. The molecule has 1 heterocycles. The number of fused-ring (bicyclic) bond motifs is 2. The van der Waals surface area contributed by atoms with Crippen molar-refractivity contribution in [3.05, 3.63) is 35.4 Å². The Labute approximate surface area is 164 Å². The zero-order valence-corrected chi connectivity index (χ0v) is 17.4. The Hall–Kier alpha value is -2.21. The Kier molecular flexibility index (Phi) is 4.34. The topological polar surface area (TPSA) is 55.4 Å². The van der Waals surface area contributed by atoms with E-state index < -0.39 is 0 Å². The Morgan fingerprint density at radius 1 is 1.11 bits per heavy atom. The summed E-state index contributed by atoms with van der Waals surface area (Å²) in [7, 11) is 3.28. The number of aromatic nitrogens is 1. The van der Waals surface area contributed by atoms with Crippen molar-refractivity contribution < 1.29 is 9.47 Å². The van der Waals surface area contributed by atoms with Crippen molar-refractivity contribution in [1.29, 1.82) is 0 Å². The lowest BCUT2D eigenvalue weighted by Crippen LogP contribution is -2.37. The molecule has 2 aliphatic carbocycles. The van der Waals surface area contributed by atoms with E-state index in [9.17, 15) is 0 Å². The van der Waals surface area contributed by atoms with Gasteiger partial charge in [0.05, 0.1) is 19.9 Å². The maximum absolute atomic E-state index is 5.39. The maximum atomic E-state index is 5.39. The van der Waals surface area contributed by atoms with Crippen LogP contribution in [0.5, 0.6) is 11.5 Å². The second-order valence-corrected chi connectivity index (χ2v) is 9.00. The molecule has 0 saturated heterocycles. The molecule has 2 aliphatic rings. The van der Waals surface area contributed by atoms with E-state index in [1.807, 2.05) is 23.6 Å².